The van der Waals surface area contributed by atoms with Crippen molar-refractivity contribution in [2.24, 2.45) is 4.99 Å². The highest BCUT2D eigenvalue weighted by Gasteiger charge is 2.24. The summed E-state index contributed by atoms with van der Waals surface area (Å²) in [4.78, 5) is 56.3. The number of aliphatic imine (C=N–C) groups is 1. The van der Waals surface area contributed by atoms with Crippen LogP contribution in [0.1, 0.15) is 16.7 Å². The first kappa shape index (κ1) is 26.1. The Morgan fingerprint density at radius 1 is 0.641 bits per heavy atom. The molecule has 0 saturated heterocycles. The average molecular weight is 522 g/mol. The maximum atomic E-state index is 13.9. The zero-order chi connectivity index (χ0) is 28.3. The van der Waals surface area contributed by atoms with Gasteiger partial charge in [-0.15, -0.1) is 10.5 Å². The number of hydrogen-bond acceptors (Lipinski definition) is 9. The maximum Gasteiger partial charge on any atom is 0.345 e. The van der Waals surface area contributed by atoms with Gasteiger partial charge in [0.15, 0.2) is 0 Å². The number of nitrogens with zero attached hydrogens (tertiary/aromatic N) is 6. The molecule has 0 aliphatic heterocycles. The number of hydrogen-bond donors (Lipinski definition) is 0. The first-order valence-electron chi connectivity index (χ1n) is 11.3. The van der Waals surface area contributed by atoms with E-state index in [0.29, 0.717) is 5.56 Å². The van der Waals surface area contributed by atoms with Crippen LogP contribution in [0.15, 0.2) is 74.0 Å². The van der Waals surface area contributed by atoms with Crippen molar-refractivity contribution in [1.29, 1.82) is 10.5 Å². The number of carbonyl (C=O) groups excluding carboxylic acids is 1. The number of ether oxygens (including phenoxy) is 2. The SMILES string of the molecule is Cc1c(N=C=O)cccc1-n1c(=O)n(-c2cccc(OC#N)c2C)c(=O)n(-c2cccc(OC#N)c2C)c1=O. The molecule has 0 spiro atoms. The van der Waals surface area contributed by atoms with Gasteiger partial charge < -0.3 is 9.47 Å². The van der Waals surface area contributed by atoms with Crippen molar-refractivity contribution in [3.8, 4) is 41.1 Å². The molecule has 0 saturated carbocycles. The fraction of sp³-hybridized carbons (Fsp3) is 0.111. The number of aromatic nitrogens is 3. The minimum absolute atomic E-state index is 0.0575. The van der Waals surface area contributed by atoms with E-state index < -0.39 is 17.1 Å². The van der Waals surface area contributed by atoms with Gasteiger partial charge >= 0.3 is 17.1 Å². The molecule has 12 nitrogen and oxygen atoms in total. The van der Waals surface area contributed by atoms with Crippen LogP contribution in [0.25, 0.3) is 17.1 Å². The van der Waals surface area contributed by atoms with Gasteiger partial charge in [0.2, 0.25) is 6.08 Å². The summed E-state index contributed by atoms with van der Waals surface area (Å²) < 4.78 is 12.3. The third-order valence-electron chi connectivity index (χ3n) is 6.14. The lowest BCUT2D eigenvalue weighted by atomic mass is 10.1. The number of rotatable bonds is 6. The lowest BCUT2D eigenvalue weighted by molar-refractivity contribution is 0.501. The van der Waals surface area contributed by atoms with Gasteiger partial charge in [0.1, 0.15) is 11.5 Å². The van der Waals surface area contributed by atoms with E-state index in [-0.39, 0.29) is 45.4 Å². The second-order valence-corrected chi connectivity index (χ2v) is 8.17. The molecule has 1 heterocycles. The molecule has 0 aliphatic carbocycles. The lowest BCUT2D eigenvalue weighted by Crippen LogP contribution is -2.53. The third-order valence-corrected chi connectivity index (χ3v) is 6.14. The summed E-state index contributed by atoms with van der Waals surface area (Å²) in [5.41, 5.74) is -1.85. The van der Waals surface area contributed by atoms with Crippen LogP contribution in [0, 0.1) is 43.8 Å². The molecule has 0 radical (unpaired) electrons. The van der Waals surface area contributed by atoms with E-state index in [2.05, 4.69) is 4.99 Å². The molecule has 1 aromatic heterocycles. The van der Waals surface area contributed by atoms with Gasteiger partial charge in [-0.25, -0.2) is 32.9 Å². The smallest absolute Gasteiger partial charge is 0.345 e. The normalized spacial score (nSPS) is 10.2. The Labute approximate surface area is 220 Å². The molecule has 12 heteroatoms. The van der Waals surface area contributed by atoms with E-state index in [1.807, 2.05) is 0 Å². The van der Waals surface area contributed by atoms with Crippen molar-refractivity contribution in [2.75, 3.05) is 0 Å². The molecule has 0 bridgehead atoms. The summed E-state index contributed by atoms with van der Waals surface area (Å²) in [5.74, 6) is 0.203. The van der Waals surface area contributed by atoms with Gasteiger partial charge in [-0.3, -0.25) is 0 Å². The largest absolute Gasteiger partial charge is 0.388 e. The molecule has 0 N–H and O–H groups in total. The highest BCUT2D eigenvalue weighted by Crippen LogP contribution is 2.26. The quantitative estimate of drug-likeness (QED) is 0.212. The molecule has 3 aromatic carbocycles. The summed E-state index contributed by atoms with van der Waals surface area (Å²) >= 11 is 0. The van der Waals surface area contributed by atoms with Crippen molar-refractivity contribution in [3.05, 3.63) is 103 Å². The molecular weight excluding hydrogens is 504 g/mol. The fourth-order valence-electron chi connectivity index (χ4n) is 4.20. The second kappa shape index (κ2) is 10.6. The van der Waals surface area contributed by atoms with Gasteiger partial charge in [-0.05, 0) is 62.7 Å². The van der Waals surface area contributed by atoms with Crippen molar-refractivity contribution in [3.63, 3.8) is 0 Å². The predicted octanol–water partition coefficient (Wildman–Crippen LogP) is 2.75. The van der Waals surface area contributed by atoms with Crippen LogP contribution in [0.2, 0.25) is 0 Å². The van der Waals surface area contributed by atoms with E-state index in [1.54, 1.807) is 33.3 Å². The van der Waals surface area contributed by atoms with Crippen LogP contribution < -0.4 is 26.5 Å². The van der Waals surface area contributed by atoms with Crippen molar-refractivity contribution < 1.29 is 14.3 Å². The number of benzene rings is 3. The molecule has 4 aromatic rings. The third kappa shape index (κ3) is 4.40. The minimum Gasteiger partial charge on any atom is -0.388 e. The van der Waals surface area contributed by atoms with Gasteiger partial charge in [-0.1, -0.05) is 18.2 Å². The van der Waals surface area contributed by atoms with Crippen LogP contribution in [0.5, 0.6) is 11.5 Å². The highest BCUT2D eigenvalue weighted by atomic mass is 16.5. The summed E-state index contributed by atoms with van der Waals surface area (Å²) in [6, 6.07) is 13.3. The van der Waals surface area contributed by atoms with E-state index >= 15 is 0 Å². The van der Waals surface area contributed by atoms with Crippen LogP contribution in [-0.4, -0.2) is 19.8 Å². The first-order valence-corrected chi connectivity index (χ1v) is 11.3. The maximum absolute atomic E-state index is 13.9. The Morgan fingerprint density at radius 3 is 1.41 bits per heavy atom. The standard InChI is InChI=1S/C27H18N6O6/c1-16-19(30-15-34)7-4-8-20(16)31-25(35)32(21-9-5-11-23(17(21)2)38-13-28)27(37)33(26(31)36)22-10-6-12-24(18(22)3)39-14-29/h4-12H,1-3H3. The molecule has 4 rings (SSSR count). The summed E-state index contributed by atoms with van der Waals surface area (Å²) in [7, 11) is 0. The topological polar surface area (TPSA) is 161 Å². The van der Waals surface area contributed by atoms with Crippen molar-refractivity contribution in [1.82, 2.24) is 13.7 Å². The Hall–Kier alpha value is -5.97. The Balaban J connectivity index is 2.24. The Kier molecular flexibility index (Phi) is 7.07. The van der Waals surface area contributed by atoms with Crippen LogP contribution in [0.4, 0.5) is 5.69 Å². The predicted molar refractivity (Wildman–Crippen MR) is 138 cm³/mol. The number of isocyanates is 1. The summed E-state index contributed by atoms with van der Waals surface area (Å²) in [5, 5.41) is 18.0. The van der Waals surface area contributed by atoms with Crippen LogP contribution in [-0.2, 0) is 4.79 Å². The zero-order valence-corrected chi connectivity index (χ0v) is 20.8. The molecule has 0 amide bonds. The molecular formula is C27H18N6O6. The first-order chi connectivity index (χ1) is 18.8. The van der Waals surface area contributed by atoms with Crippen molar-refractivity contribution in [2.45, 2.75) is 20.8 Å². The minimum atomic E-state index is -1.02. The zero-order valence-electron chi connectivity index (χ0n) is 20.8. The molecule has 192 valence electrons. The number of nitriles is 2. The van der Waals surface area contributed by atoms with Gasteiger partial charge in [-0.2, -0.15) is 4.99 Å². The van der Waals surface area contributed by atoms with E-state index in [4.69, 9.17) is 20.0 Å². The van der Waals surface area contributed by atoms with Crippen LogP contribution >= 0.6 is 0 Å². The Bertz CT molecular complexity index is 1840. The molecule has 0 atom stereocenters. The monoisotopic (exact) mass is 522 g/mol. The molecule has 0 unspecified atom stereocenters. The van der Waals surface area contributed by atoms with E-state index in [0.717, 1.165) is 13.7 Å². The Morgan fingerprint density at radius 2 is 1.03 bits per heavy atom. The van der Waals surface area contributed by atoms with Gasteiger partial charge in [0, 0.05) is 11.1 Å². The van der Waals surface area contributed by atoms with E-state index in [9.17, 15) is 19.2 Å². The molecule has 39 heavy (non-hydrogen) atoms. The average Bonchev–Trinajstić information content (AvgIpc) is 2.90. The lowest BCUT2D eigenvalue weighted by Gasteiger charge is -2.18. The molecule has 0 fully saturated rings. The van der Waals surface area contributed by atoms with Crippen LogP contribution in [0.3, 0.4) is 0 Å². The fourth-order valence-corrected chi connectivity index (χ4v) is 4.20. The molecule has 0 aliphatic rings. The summed E-state index contributed by atoms with van der Waals surface area (Å²) in [6.07, 6.45) is 4.56. The second-order valence-electron chi connectivity index (χ2n) is 8.17. The van der Waals surface area contributed by atoms with Gasteiger partial charge in [0.25, 0.3) is 12.5 Å². The van der Waals surface area contributed by atoms with Crippen molar-refractivity contribution >= 4 is 11.8 Å². The van der Waals surface area contributed by atoms with Gasteiger partial charge in [0.05, 0.1) is 22.7 Å². The highest BCUT2D eigenvalue weighted by molar-refractivity contribution is 5.60. The summed E-state index contributed by atoms with van der Waals surface area (Å²) in [6.45, 7) is 4.65. The van der Waals surface area contributed by atoms with E-state index in [1.165, 1.54) is 60.7 Å².